The lowest BCUT2D eigenvalue weighted by Gasteiger charge is -2.12. The lowest BCUT2D eigenvalue weighted by molar-refractivity contribution is 0.606. The van der Waals surface area contributed by atoms with Gasteiger partial charge in [-0.3, -0.25) is 4.72 Å². The molecular weight excluding hydrogens is 312 g/mol. The molecule has 130 valence electrons. The molecule has 1 rings (SSSR count). The molecule has 0 spiro atoms. The van der Waals surface area contributed by atoms with E-state index in [1.807, 2.05) is 19.1 Å². The molecule has 0 heterocycles. The second-order valence-corrected chi connectivity index (χ2v) is 7.11. The Balaban J connectivity index is 2.74. The smallest absolute Gasteiger partial charge is 0.229 e. The van der Waals surface area contributed by atoms with Crippen molar-refractivity contribution in [3.8, 4) is 0 Å². The van der Waals surface area contributed by atoms with E-state index < -0.39 is 10.0 Å². The fourth-order valence-corrected chi connectivity index (χ4v) is 2.64. The van der Waals surface area contributed by atoms with E-state index in [-0.39, 0.29) is 0 Å². The second kappa shape index (κ2) is 10.1. The molecule has 7 heteroatoms. The molecule has 0 aliphatic rings. The van der Waals surface area contributed by atoms with E-state index in [0.717, 1.165) is 37.3 Å². The molecule has 0 aromatic heterocycles. The van der Waals surface area contributed by atoms with Crippen molar-refractivity contribution in [2.75, 3.05) is 24.1 Å². The molecule has 0 saturated carbocycles. The van der Waals surface area contributed by atoms with Crippen LogP contribution in [-0.2, 0) is 16.6 Å². The number of hydrogen-bond donors (Lipinski definition) is 3. The predicted molar refractivity (Wildman–Crippen MR) is 97.3 cm³/mol. The van der Waals surface area contributed by atoms with Gasteiger partial charge in [0.25, 0.3) is 0 Å². The van der Waals surface area contributed by atoms with Crippen molar-refractivity contribution in [3.63, 3.8) is 0 Å². The highest BCUT2D eigenvalue weighted by Crippen LogP contribution is 2.17. The van der Waals surface area contributed by atoms with E-state index in [0.29, 0.717) is 12.2 Å². The van der Waals surface area contributed by atoms with Crippen LogP contribution >= 0.6 is 0 Å². The summed E-state index contributed by atoms with van der Waals surface area (Å²) in [6.07, 6.45) is 4.62. The Labute approximate surface area is 139 Å². The first kappa shape index (κ1) is 19.3. The van der Waals surface area contributed by atoms with Crippen LogP contribution < -0.4 is 15.4 Å². The largest absolute Gasteiger partial charge is 0.357 e. The highest BCUT2D eigenvalue weighted by atomic mass is 32.2. The third-order valence-corrected chi connectivity index (χ3v) is 3.73. The fourth-order valence-electron chi connectivity index (χ4n) is 2.05. The van der Waals surface area contributed by atoms with E-state index in [1.165, 1.54) is 12.8 Å². The average molecular weight is 340 g/mol. The van der Waals surface area contributed by atoms with Crippen LogP contribution in [0, 0.1) is 0 Å². The number of guanidine groups is 1. The molecule has 0 amide bonds. The van der Waals surface area contributed by atoms with Crippen LogP contribution in [0.2, 0.25) is 0 Å². The fraction of sp³-hybridized carbons (Fsp3) is 0.562. The maximum absolute atomic E-state index is 11.4. The van der Waals surface area contributed by atoms with E-state index in [1.54, 1.807) is 12.1 Å². The van der Waals surface area contributed by atoms with Gasteiger partial charge in [-0.15, -0.1) is 0 Å². The number of nitrogens with one attached hydrogen (secondary N) is 3. The second-order valence-electron chi connectivity index (χ2n) is 5.36. The topological polar surface area (TPSA) is 82.6 Å². The summed E-state index contributed by atoms with van der Waals surface area (Å²) in [4.78, 5) is 4.53. The molecule has 0 saturated heterocycles. The average Bonchev–Trinajstić information content (AvgIpc) is 2.49. The molecule has 0 aliphatic carbocycles. The molecule has 0 fully saturated rings. The summed E-state index contributed by atoms with van der Waals surface area (Å²) in [6, 6.07) is 7.29. The molecule has 0 atom stereocenters. The number of unbranched alkanes of at least 4 members (excludes halogenated alkanes) is 2. The monoisotopic (exact) mass is 340 g/mol. The van der Waals surface area contributed by atoms with Crippen LogP contribution in [0.5, 0.6) is 0 Å². The molecule has 0 unspecified atom stereocenters. The van der Waals surface area contributed by atoms with Crippen molar-refractivity contribution in [1.82, 2.24) is 10.6 Å². The zero-order chi connectivity index (χ0) is 17.1. The van der Waals surface area contributed by atoms with Gasteiger partial charge in [-0.05, 0) is 25.0 Å². The maximum atomic E-state index is 11.4. The number of aliphatic imine (C=N–C) groups is 1. The van der Waals surface area contributed by atoms with Crippen LogP contribution in [0.15, 0.2) is 29.3 Å². The Morgan fingerprint density at radius 2 is 1.87 bits per heavy atom. The summed E-state index contributed by atoms with van der Waals surface area (Å²) in [6.45, 7) is 6.25. The summed E-state index contributed by atoms with van der Waals surface area (Å²) in [5.41, 5.74) is 1.41. The van der Waals surface area contributed by atoms with E-state index in [4.69, 9.17) is 0 Å². The number of rotatable bonds is 9. The van der Waals surface area contributed by atoms with Crippen molar-refractivity contribution in [2.24, 2.45) is 4.99 Å². The van der Waals surface area contributed by atoms with Crippen molar-refractivity contribution < 1.29 is 8.42 Å². The van der Waals surface area contributed by atoms with Crippen LogP contribution in [0.3, 0.4) is 0 Å². The van der Waals surface area contributed by atoms with E-state index in [9.17, 15) is 8.42 Å². The predicted octanol–water partition coefficient (Wildman–Crippen LogP) is 2.30. The molecule has 0 aliphatic heterocycles. The molecule has 1 aromatic rings. The molecule has 1 aromatic carbocycles. The van der Waals surface area contributed by atoms with Gasteiger partial charge in [-0.1, -0.05) is 38.0 Å². The number of hydrogen-bond acceptors (Lipinski definition) is 3. The Hall–Kier alpha value is -1.76. The van der Waals surface area contributed by atoms with Gasteiger partial charge in [0, 0.05) is 13.1 Å². The Kier molecular flexibility index (Phi) is 8.47. The highest BCUT2D eigenvalue weighted by molar-refractivity contribution is 7.92. The van der Waals surface area contributed by atoms with E-state index >= 15 is 0 Å². The van der Waals surface area contributed by atoms with Crippen molar-refractivity contribution >= 4 is 21.7 Å². The van der Waals surface area contributed by atoms with E-state index in [2.05, 4.69) is 27.3 Å². The van der Waals surface area contributed by atoms with Gasteiger partial charge in [0.2, 0.25) is 10.0 Å². The SMILES string of the molecule is CCCCCNC(=NCc1ccccc1NS(C)(=O)=O)NCC. The molecular formula is C16H28N4O2S. The number of anilines is 1. The van der Waals surface area contributed by atoms with Crippen molar-refractivity contribution in [2.45, 2.75) is 39.7 Å². The lowest BCUT2D eigenvalue weighted by atomic mass is 10.2. The zero-order valence-electron chi connectivity index (χ0n) is 14.2. The number of nitrogens with zero attached hydrogens (tertiary/aromatic N) is 1. The summed E-state index contributed by atoms with van der Waals surface area (Å²) in [7, 11) is -3.30. The quantitative estimate of drug-likeness (QED) is 0.366. The summed E-state index contributed by atoms with van der Waals surface area (Å²) >= 11 is 0. The van der Waals surface area contributed by atoms with Gasteiger partial charge in [-0.25, -0.2) is 13.4 Å². The molecule has 3 N–H and O–H groups in total. The third-order valence-electron chi connectivity index (χ3n) is 3.14. The lowest BCUT2D eigenvalue weighted by Crippen LogP contribution is -2.37. The number of para-hydroxylation sites is 1. The summed E-state index contributed by atoms with van der Waals surface area (Å²) < 4.78 is 25.4. The minimum absolute atomic E-state index is 0.405. The van der Waals surface area contributed by atoms with Crippen LogP contribution in [0.4, 0.5) is 5.69 Å². The van der Waals surface area contributed by atoms with Gasteiger partial charge >= 0.3 is 0 Å². The van der Waals surface area contributed by atoms with Crippen LogP contribution in [0.1, 0.15) is 38.7 Å². The van der Waals surface area contributed by atoms with Gasteiger partial charge in [0.1, 0.15) is 0 Å². The van der Waals surface area contributed by atoms with Gasteiger partial charge in [0.05, 0.1) is 18.5 Å². The summed E-state index contributed by atoms with van der Waals surface area (Å²) in [5, 5.41) is 6.49. The Morgan fingerprint density at radius 1 is 1.13 bits per heavy atom. The van der Waals surface area contributed by atoms with Gasteiger partial charge < -0.3 is 10.6 Å². The zero-order valence-corrected chi connectivity index (χ0v) is 15.0. The maximum Gasteiger partial charge on any atom is 0.229 e. The number of benzene rings is 1. The minimum atomic E-state index is -3.30. The molecule has 23 heavy (non-hydrogen) atoms. The Morgan fingerprint density at radius 3 is 2.52 bits per heavy atom. The highest BCUT2D eigenvalue weighted by Gasteiger charge is 2.07. The first-order valence-electron chi connectivity index (χ1n) is 8.04. The first-order chi connectivity index (χ1) is 11.0. The van der Waals surface area contributed by atoms with Gasteiger partial charge in [0.15, 0.2) is 5.96 Å². The normalized spacial score (nSPS) is 12.0. The van der Waals surface area contributed by atoms with Gasteiger partial charge in [-0.2, -0.15) is 0 Å². The standard InChI is InChI=1S/C16H28N4O2S/c1-4-6-9-12-18-16(17-5-2)19-13-14-10-7-8-11-15(14)20-23(3,21)22/h7-8,10-11,20H,4-6,9,12-13H2,1-3H3,(H2,17,18,19). The minimum Gasteiger partial charge on any atom is -0.357 e. The Bertz CT molecular complexity index is 600. The molecule has 6 nitrogen and oxygen atoms in total. The van der Waals surface area contributed by atoms with Crippen molar-refractivity contribution in [1.29, 1.82) is 0 Å². The van der Waals surface area contributed by atoms with Crippen molar-refractivity contribution in [3.05, 3.63) is 29.8 Å². The number of sulfonamides is 1. The van der Waals surface area contributed by atoms with Crippen LogP contribution in [0.25, 0.3) is 0 Å². The third kappa shape index (κ3) is 8.44. The first-order valence-corrected chi connectivity index (χ1v) is 9.93. The summed E-state index contributed by atoms with van der Waals surface area (Å²) in [5.74, 6) is 0.748. The van der Waals surface area contributed by atoms with Crippen LogP contribution in [-0.4, -0.2) is 33.7 Å². The molecule has 0 radical (unpaired) electrons. The molecule has 0 bridgehead atoms.